The third kappa shape index (κ3) is 6.82. The van der Waals surface area contributed by atoms with Crippen molar-refractivity contribution < 1.29 is 0 Å². The van der Waals surface area contributed by atoms with Gasteiger partial charge in [-0.05, 0) is 105 Å². The third-order valence-corrected chi connectivity index (χ3v) is 13.7. The summed E-state index contributed by atoms with van der Waals surface area (Å²) in [5.41, 5.74) is 16.8. The molecule has 4 heteroatoms. The van der Waals surface area contributed by atoms with E-state index in [4.69, 9.17) is 9.97 Å². The fraction of sp³-hybridized carbons (Fsp3) is 0.180. The first-order valence-corrected chi connectivity index (χ1v) is 22.9. The molecule has 0 radical (unpaired) electrons. The maximum Gasteiger partial charge on any atom is 0.160 e. The number of hydrogen-bond donors (Lipinski definition) is 0. The Morgan fingerprint density at radius 3 is 1.65 bits per heavy atom. The number of fused-ring (bicyclic) bond motifs is 7. The molecular weight excluding hydrogens is 789 g/mol. The van der Waals surface area contributed by atoms with Gasteiger partial charge >= 0.3 is 0 Å². The van der Waals surface area contributed by atoms with E-state index in [1.54, 1.807) is 0 Å². The molecular formula is C61H54N4. The molecule has 1 aliphatic rings. The molecule has 0 unspecified atom stereocenters. The zero-order valence-electron chi connectivity index (χ0n) is 38.6. The summed E-state index contributed by atoms with van der Waals surface area (Å²) in [5, 5.41) is 5.02. The number of hydrogen-bond acceptors (Lipinski definition) is 3. The number of nitrogens with zero attached hydrogens (tertiary/aromatic N) is 4. The minimum Gasteiger partial charge on any atom is -0.310 e. The maximum absolute atomic E-state index is 5.28. The molecule has 0 spiro atoms. The van der Waals surface area contributed by atoms with Crippen LogP contribution >= 0.6 is 0 Å². The molecule has 4 nitrogen and oxygen atoms in total. The van der Waals surface area contributed by atoms with E-state index < -0.39 is 5.41 Å². The van der Waals surface area contributed by atoms with E-state index >= 15 is 0 Å². The van der Waals surface area contributed by atoms with Crippen molar-refractivity contribution in [3.05, 3.63) is 204 Å². The van der Waals surface area contributed by atoms with Gasteiger partial charge in [0.25, 0.3) is 0 Å². The quantitative estimate of drug-likeness (QED) is 0.167. The molecule has 0 saturated heterocycles. The number of anilines is 3. The van der Waals surface area contributed by atoms with Crippen LogP contribution in [0.5, 0.6) is 0 Å². The van der Waals surface area contributed by atoms with Crippen molar-refractivity contribution in [2.75, 3.05) is 4.90 Å². The standard InChI is InChI=1S/C61H54N4/c1-59(2,3)43-25-29-45(30-26-43)64(46-31-27-44(28-32-46)60(4,5)6)47-36-49-56-48-22-16-15-17-39(48)23-34-55(56)65-54-33-24-42(35-50(54)61(7,8)51(37-47)57(49)65)53-38-52(40-18-11-9-12-19-40)62-58(63-53)41-20-13-10-14-21-41/h9-38H,1-8H3. The second-order valence-corrected chi connectivity index (χ2v) is 20.4. The molecule has 3 heterocycles. The minimum absolute atomic E-state index is 0.0396. The highest BCUT2D eigenvalue weighted by Gasteiger charge is 2.37. The first kappa shape index (κ1) is 40.5. The van der Waals surface area contributed by atoms with Crippen molar-refractivity contribution in [2.45, 2.75) is 71.6 Å². The van der Waals surface area contributed by atoms with Gasteiger partial charge in [-0.25, -0.2) is 9.97 Å². The molecule has 0 saturated carbocycles. The molecule has 0 bridgehead atoms. The molecule has 0 atom stereocenters. The van der Waals surface area contributed by atoms with E-state index in [1.807, 2.05) is 12.1 Å². The molecule has 1 aliphatic heterocycles. The highest BCUT2D eigenvalue weighted by molar-refractivity contribution is 6.23. The average Bonchev–Trinajstić information content (AvgIpc) is 3.66. The van der Waals surface area contributed by atoms with Crippen LogP contribution in [0.3, 0.4) is 0 Å². The Hall–Kier alpha value is -7.30. The van der Waals surface area contributed by atoms with Crippen LogP contribution in [-0.2, 0) is 16.2 Å². The van der Waals surface area contributed by atoms with Gasteiger partial charge in [-0.3, -0.25) is 0 Å². The smallest absolute Gasteiger partial charge is 0.160 e. The van der Waals surface area contributed by atoms with Crippen LogP contribution in [0.25, 0.3) is 72.2 Å². The summed E-state index contributed by atoms with van der Waals surface area (Å²) >= 11 is 0. The lowest BCUT2D eigenvalue weighted by atomic mass is 9.74. The van der Waals surface area contributed by atoms with Crippen molar-refractivity contribution in [3.63, 3.8) is 0 Å². The molecule has 0 aliphatic carbocycles. The Bertz CT molecular complexity index is 3320. The lowest BCUT2D eigenvalue weighted by Gasteiger charge is -2.36. The summed E-state index contributed by atoms with van der Waals surface area (Å²) in [7, 11) is 0. The normalized spacial score (nSPS) is 13.4. The van der Waals surface area contributed by atoms with Crippen molar-refractivity contribution in [1.82, 2.24) is 14.5 Å². The average molecular weight is 843 g/mol. The molecule has 0 N–H and O–H groups in total. The fourth-order valence-corrected chi connectivity index (χ4v) is 10.0. The second-order valence-electron chi connectivity index (χ2n) is 20.4. The monoisotopic (exact) mass is 842 g/mol. The Kier molecular flexibility index (Phi) is 9.27. The van der Waals surface area contributed by atoms with Crippen molar-refractivity contribution in [2.24, 2.45) is 0 Å². The Morgan fingerprint density at radius 1 is 0.462 bits per heavy atom. The van der Waals surface area contributed by atoms with Crippen molar-refractivity contribution >= 4 is 49.6 Å². The second kappa shape index (κ2) is 14.9. The highest BCUT2D eigenvalue weighted by atomic mass is 15.1. The van der Waals surface area contributed by atoms with E-state index in [-0.39, 0.29) is 10.8 Å². The van der Waals surface area contributed by atoms with Gasteiger partial charge in [0.05, 0.1) is 28.1 Å². The van der Waals surface area contributed by atoms with Gasteiger partial charge < -0.3 is 9.47 Å². The summed E-state index contributed by atoms with van der Waals surface area (Å²) in [6, 6.07) is 66.7. The number of aromatic nitrogens is 3. The number of rotatable bonds is 6. The molecule has 0 fully saturated rings. The van der Waals surface area contributed by atoms with Crippen LogP contribution < -0.4 is 4.90 Å². The first-order chi connectivity index (χ1) is 31.2. The van der Waals surface area contributed by atoms with Gasteiger partial charge in [0, 0.05) is 49.9 Å². The highest BCUT2D eigenvalue weighted by Crippen LogP contribution is 2.52. The Morgan fingerprint density at radius 2 is 1.03 bits per heavy atom. The summed E-state index contributed by atoms with van der Waals surface area (Å²) in [6.45, 7) is 18.5. The molecule has 2 aromatic heterocycles. The summed E-state index contributed by atoms with van der Waals surface area (Å²) in [5.74, 6) is 0.713. The van der Waals surface area contributed by atoms with Crippen molar-refractivity contribution in [1.29, 1.82) is 0 Å². The molecule has 0 amide bonds. The molecule has 318 valence electrons. The van der Waals surface area contributed by atoms with Gasteiger partial charge in [-0.2, -0.15) is 0 Å². The van der Waals surface area contributed by atoms with E-state index in [1.165, 1.54) is 60.5 Å². The van der Waals surface area contributed by atoms with Crippen LogP contribution in [0.4, 0.5) is 17.1 Å². The van der Waals surface area contributed by atoms with Crippen LogP contribution in [0.15, 0.2) is 182 Å². The van der Waals surface area contributed by atoms with Gasteiger partial charge in [0.15, 0.2) is 5.82 Å². The fourth-order valence-electron chi connectivity index (χ4n) is 10.0. The maximum atomic E-state index is 5.28. The summed E-state index contributed by atoms with van der Waals surface area (Å²) in [6.07, 6.45) is 0. The molecule has 8 aromatic carbocycles. The van der Waals surface area contributed by atoms with Crippen LogP contribution in [0.1, 0.15) is 77.6 Å². The van der Waals surface area contributed by atoms with Gasteiger partial charge in [-0.15, -0.1) is 0 Å². The Balaban J connectivity index is 1.17. The van der Waals surface area contributed by atoms with Gasteiger partial charge in [0.2, 0.25) is 0 Å². The van der Waals surface area contributed by atoms with Gasteiger partial charge in [-0.1, -0.05) is 177 Å². The SMILES string of the molecule is CC(C)(C)c1ccc(N(c2ccc(C(C)(C)C)cc2)c2cc3c4c(c2)c2c5ccccc5ccc2n4-c2ccc(-c4cc(-c5ccccc5)nc(-c5ccccc5)n4)cc2C3(C)C)cc1. The largest absolute Gasteiger partial charge is 0.310 e. The molecule has 65 heavy (non-hydrogen) atoms. The van der Waals surface area contributed by atoms with Crippen LogP contribution in [0, 0.1) is 0 Å². The predicted octanol–water partition coefficient (Wildman–Crippen LogP) is 16.4. The lowest BCUT2D eigenvalue weighted by molar-refractivity contribution is 0.590. The lowest BCUT2D eigenvalue weighted by Crippen LogP contribution is -2.27. The zero-order valence-corrected chi connectivity index (χ0v) is 38.6. The molecule has 11 rings (SSSR count). The molecule has 10 aromatic rings. The predicted molar refractivity (Wildman–Crippen MR) is 274 cm³/mol. The summed E-state index contributed by atoms with van der Waals surface area (Å²) in [4.78, 5) is 12.8. The topological polar surface area (TPSA) is 34.0 Å². The van der Waals surface area contributed by atoms with Crippen LogP contribution in [0.2, 0.25) is 0 Å². The van der Waals surface area contributed by atoms with Crippen molar-refractivity contribution in [3.8, 4) is 39.6 Å². The van der Waals surface area contributed by atoms with Crippen LogP contribution in [-0.4, -0.2) is 14.5 Å². The van der Waals surface area contributed by atoms with E-state index in [0.29, 0.717) is 5.82 Å². The Labute approximate surface area is 382 Å². The third-order valence-electron chi connectivity index (χ3n) is 13.7. The van der Waals surface area contributed by atoms with Gasteiger partial charge in [0.1, 0.15) is 0 Å². The summed E-state index contributed by atoms with van der Waals surface area (Å²) < 4.78 is 2.53. The first-order valence-electron chi connectivity index (χ1n) is 22.9. The van der Waals surface area contributed by atoms with E-state index in [2.05, 4.69) is 235 Å². The van der Waals surface area contributed by atoms with E-state index in [9.17, 15) is 0 Å². The number of benzene rings is 8. The van der Waals surface area contributed by atoms with E-state index in [0.717, 1.165) is 45.1 Å². The zero-order chi connectivity index (χ0) is 44.8. The minimum atomic E-state index is -0.394.